The summed E-state index contributed by atoms with van der Waals surface area (Å²) < 4.78 is 91.1. The number of aromatic amines is 1. The van der Waals surface area contributed by atoms with E-state index in [0.717, 1.165) is 6.07 Å². The van der Waals surface area contributed by atoms with Crippen LogP contribution in [0.1, 0.15) is 79.1 Å². The first-order valence-electron chi connectivity index (χ1n) is 14.6. The Morgan fingerprint density at radius 1 is 1.07 bits per heavy atom. The van der Waals surface area contributed by atoms with Crippen LogP contribution in [-0.4, -0.2) is 81.6 Å². The topological polar surface area (TPSA) is 146 Å². The molecule has 252 valence electrons. The fraction of sp³-hybridized carbons (Fsp3) is 0.586. The van der Waals surface area contributed by atoms with Crippen molar-refractivity contribution < 1.29 is 45.4 Å². The SMILES string of the molecule is Cc1nonc1C(=O)N[C@H](c1nc2c(F)c([C@H](C(=O)N[C@@H](C(=O)N(C)C)C(C)C)C(F)C(F)F)ccc2[nH]1)C1CCC(F)(F)CC1. The number of rotatable bonds is 11. The van der Waals surface area contributed by atoms with Crippen molar-refractivity contribution in [3.8, 4) is 0 Å². The maximum absolute atomic E-state index is 16.1. The number of hydrogen-bond acceptors (Lipinski definition) is 7. The predicted octanol–water partition coefficient (Wildman–Crippen LogP) is 4.61. The molecule has 3 aromatic rings. The third-order valence-corrected chi connectivity index (χ3v) is 8.17. The van der Waals surface area contributed by atoms with Crippen molar-refractivity contribution in [1.82, 2.24) is 35.8 Å². The average molecular weight is 660 g/mol. The lowest BCUT2D eigenvalue weighted by Crippen LogP contribution is -2.51. The number of H-pyrrole nitrogens is 1. The van der Waals surface area contributed by atoms with Crippen molar-refractivity contribution in [3.63, 3.8) is 0 Å². The smallest absolute Gasteiger partial charge is 0.276 e. The number of nitrogens with zero attached hydrogens (tertiary/aromatic N) is 4. The Balaban J connectivity index is 1.74. The van der Waals surface area contributed by atoms with Crippen LogP contribution in [0, 0.1) is 24.6 Å². The van der Waals surface area contributed by atoms with E-state index in [1.807, 2.05) is 0 Å². The van der Waals surface area contributed by atoms with Crippen molar-refractivity contribution in [1.29, 1.82) is 0 Å². The second kappa shape index (κ2) is 13.7. The number of alkyl halides is 5. The molecule has 1 aliphatic carbocycles. The molecule has 17 heteroatoms. The van der Waals surface area contributed by atoms with E-state index >= 15 is 8.78 Å². The van der Waals surface area contributed by atoms with Gasteiger partial charge in [0.05, 0.1) is 11.6 Å². The number of aromatic nitrogens is 4. The van der Waals surface area contributed by atoms with Crippen LogP contribution < -0.4 is 10.6 Å². The number of nitrogens with one attached hydrogen (secondary N) is 3. The lowest BCUT2D eigenvalue weighted by Gasteiger charge is -2.33. The van der Waals surface area contributed by atoms with Gasteiger partial charge in [0.1, 0.15) is 29.0 Å². The van der Waals surface area contributed by atoms with E-state index in [-0.39, 0.29) is 35.6 Å². The quantitative estimate of drug-likeness (QED) is 0.255. The van der Waals surface area contributed by atoms with Crippen LogP contribution in [0.2, 0.25) is 0 Å². The van der Waals surface area contributed by atoms with Crippen molar-refractivity contribution in [2.75, 3.05) is 14.1 Å². The summed E-state index contributed by atoms with van der Waals surface area (Å²) in [6, 6.07) is -0.120. The summed E-state index contributed by atoms with van der Waals surface area (Å²) in [6.07, 6.45) is -7.82. The van der Waals surface area contributed by atoms with Gasteiger partial charge in [-0.3, -0.25) is 14.4 Å². The fourth-order valence-electron chi connectivity index (χ4n) is 5.55. The molecule has 1 aliphatic rings. The minimum absolute atomic E-state index is 0.00498. The molecule has 46 heavy (non-hydrogen) atoms. The Hall–Kier alpha value is -4.18. The maximum Gasteiger partial charge on any atom is 0.276 e. The number of imidazole rings is 1. The molecule has 0 bridgehead atoms. The minimum Gasteiger partial charge on any atom is -0.347 e. The van der Waals surface area contributed by atoms with Crippen LogP contribution in [0.25, 0.3) is 11.0 Å². The highest BCUT2D eigenvalue weighted by Gasteiger charge is 2.42. The van der Waals surface area contributed by atoms with Crippen LogP contribution in [0.4, 0.5) is 26.3 Å². The van der Waals surface area contributed by atoms with Crippen LogP contribution in [0.3, 0.4) is 0 Å². The maximum atomic E-state index is 16.1. The van der Waals surface area contributed by atoms with Gasteiger partial charge < -0.3 is 20.5 Å². The molecule has 2 aromatic heterocycles. The molecule has 4 atom stereocenters. The number of aryl methyl sites for hydroxylation is 1. The molecule has 1 aromatic carbocycles. The Labute approximate surface area is 259 Å². The summed E-state index contributed by atoms with van der Waals surface area (Å²) >= 11 is 0. The van der Waals surface area contributed by atoms with Gasteiger partial charge in [-0.25, -0.2) is 36.0 Å². The Bertz CT molecular complexity index is 1570. The number of amides is 3. The number of fused-ring (bicyclic) bond motifs is 1. The van der Waals surface area contributed by atoms with Gasteiger partial charge in [-0.2, -0.15) is 0 Å². The molecule has 1 unspecified atom stereocenters. The van der Waals surface area contributed by atoms with E-state index in [1.165, 1.54) is 32.0 Å². The summed E-state index contributed by atoms with van der Waals surface area (Å²) in [5.41, 5.74) is -1.21. The largest absolute Gasteiger partial charge is 0.347 e. The fourth-order valence-corrected chi connectivity index (χ4v) is 5.55. The second-order valence-electron chi connectivity index (χ2n) is 12.0. The summed E-state index contributed by atoms with van der Waals surface area (Å²) in [7, 11) is 2.83. The highest BCUT2D eigenvalue weighted by Crippen LogP contribution is 2.42. The van der Waals surface area contributed by atoms with Crippen molar-refractivity contribution in [2.24, 2.45) is 11.8 Å². The first kappa shape index (κ1) is 34.7. The minimum atomic E-state index is -3.68. The second-order valence-corrected chi connectivity index (χ2v) is 12.0. The molecule has 11 nitrogen and oxygen atoms in total. The van der Waals surface area contributed by atoms with E-state index in [4.69, 9.17) is 0 Å². The molecule has 1 fully saturated rings. The third-order valence-electron chi connectivity index (χ3n) is 8.17. The predicted molar refractivity (Wildman–Crippen MR) is 151 cm³/mol. The Morgan fingerprint density at radius 3 is 2.26 bits per heavy atom. The van der Waals surface area contributed by atoms with Crippen LogP contribution >= 0.6 is 0 Å². The van der Waals surface area contributed by atoms with Gasteiger partial charge in [0.2, 0.25) is 17.7 Å². The first-order valence-corrected chi connectivity index (χ1v) is 14.6. The molecule has 0 radical (unpaired) electrons. The first-order chi connectivity index (χ1) is 21.5. The summed E-state index contributed by atoms with van der Waals surface area (Å²) in [5, 5.41) is 12.1. The average Bonchev–Trinajstić information content (AvgIpc) is 3.62. The number of halogens is 6. The summed E-state index contributed by atoms with van der Waals surface area (Å²) in [6.45, 7) is 4.63. The number of hydrogen-bond donors (Lipinski definition) is 3. The molecule has 0 aliphatic heterocycles. The van der Waals surface area contributed by atoms with Crippen LogP contribution in [0.5, 0.6) is 0 Å². The van der Waals surface area contributed by atoms with E-state index in [0.29, 0.717) is 0 Å². The lowest BCUT2D eigenvalue weighted by atomic mass is 9.81. The molecule has 0 spiro atoms. The molecular weight excluding hydrogens is 624 g/mol. The molecule has 1 saturated carbocycles. The van der Waals surface area contributed by atoms with Gasteiger partial charge in [-0.1, -0.05) is 25.1 Å². The van der Waals surface area contributed by atoms with Gasteiger partial charge in [-0.05, 0) is 42.8 Å². The third kappa shape index (κ3) is 7.28. The number of carbonyl (C=O) groups excluding carboxylic acids is 3. The number of likely N-dealkylation sites (N-methyl/N-ethyl adjacent to an activating group) is 1. The molecule has 4 rings (SSSR count). The van der Waals surface area contributed by atoms with Crippen molar-refractivity contribution in [3.05, 3.63) is 40.7 Å². The molecular formula is C29H35F6N7O4. The number of benzene rings is 1. The Kier molecular flexibility index (Phi) is 10.3. The van der Waals surface area contributed by atoms with E-state index in [1.54, 1.807) is 13.8 Å². The lowest BCUT2D eigenvalue weighted by molar-refractivity contribution is -0.137. The normalized spacial score (nSPS) is 17.9. The zero-order valence-corrected chi connectivity index (χ0v) is 25.7. The molecule has 0 saturated heterocycles. The zero-order chi connectivity index (χ0) is 34.1. The number of carbonyl (C=O) groups is 3. The Morgan fingerprint density at radius 2 is 1.72 bits per heavy atom. The molecule has 3 amide bonds. The van der Waals surface area contributed by atoms with Crippen LogP contribution in [-0.2, 0) is 9.59 Å². The highest BCUT2D eigenvalue weighted by molar-refractivity contribution is 5.93. The van der Waals surface area contributed by atoms with Gasteiger partial charge >= 0.3 is 0 Å². The zero-order valence-electron chi connectivity index (χ0n) is 25.7. The highest BCUT2D eigenvalue weighted by atomic mass is 19.3. The van der Waals surface area contributed by atoms with Gasteiger partial charge in [0, 0.05) is 32.5 Å². The summed E-state index contributed by atoms with van der Waals surface area (Å²) in [5.74, 6) is -10.4. The van der Waals surface area contributed by atoms with Crippen molar-refractivity contribution >= 4 is 28.8 Å². The van der Waals surface area contributed by atoms with Gasteiger partial charge in [0.15, 0.2) is 17.7 Å². The van der Waals surface area contributed by atoms with Crippen LogP contribution in [0.15, 0.2) is 16.8 Å². The molecule has 2 heterocycles. The van der Waals surface area contributed by atoms with Gasteiger partial charge in [-0.15, -0.1) is 0 Å². The van der Waals surface area contributed by atoms with E-state index in [9.17, 15) is 31.9 Å². The van der Waals surface area contributed by atoms with E-state index in [2.05, 4.69) is 35.5 Å². The monoisotopic (exact) mass is 659 g/mol. The summed E-state index contributed by atoms with van der Waals surface area (Å²) in [4.78, 5) is 47.2. The molecule has 3 N–H and O–H groups in total. The van der Waals surface area contributed by atoms with Gasteiger partial charge in [0.25, 0.3) is 12.3 Å². The van der Waals surface area contributed by atoms with Crippen molar-refractivity contribution in [2.45, 2.75) is 83.0 Å². The standard InChI is InChI=1S/C29H35F6N7O4/c1-12(2)20(28(45)42(4)5)38-26(43)17(19(31)24(32)33)15-6-7-16-23(18(15)30)37-25(36-16)22(14-8-10-29(34,35)11-9-14)39-27(44)21-13(3)40-46-41-21/h6-7,12,14,17,19-20,22,24H,8-11H2,1-5H3,(H,36,37)(H,38,43)(H,39,44)/t17-,19?,20+,22-/m0/s1. The van der Waals surface area contributed by atoms with E-state index < -0.39 is 95.8 Å².